The van der Waals surface area contributed by atoms with Crippen LogP contribution in [-0.2, 0) is 0 Å². The Kier molecular flexibility index (Phi) is 13.7. The molecule has 0 rings (SSSR count). The van der Waals surface area contributed by atoms with Gasteiger partial charge >= 0.3 is 0 Å². The van der Waals surface area contributed by atoms with Gasteiger partial charge in [-0.1, -0.05) is 85.2 Å². The van der Waals surface area contributed by atoms with Crippen molar-refractivity contribution in [1.29, 1.82) is 0 Å². The Balaban J connectivity index is 5.09. The molecule has 0 aliphatic rings. The summed E-state index contributed by atoms with van der Waals surface area (Å²) in [6.07, 6.45) is 12.0. The first kappa shape index (κ1) is 22.6. The molecule has 0 bridgehead atoms. The van der Waals surface area contributed by atoms with Crippen LogP contribution in [-0.4, -0.2) is 6.04 Å². The van der Waals surface area contributed by atoms with Crippen molar-refractivity contribution in [2.75, 3.05) is 0 Å². The molecule has 23 heavy (non-hydrogen) atoms. The van der Waals surface area contributed by atoms with E-state index in [-0.39, 0.29) is 6.04 Å². The summed E-state index contributed by atoms with van der Waals surface area (Å²) in [5, 5.41) is 3.72. The molecule has 4 unspecified atom stereocenters. The maximum Gasteiger partial charge on any atom is 0.0976 e. The largest absolute Gasteiger partial charge is 0.150 e. The molecule has 0 aliphatic carbocycles. The van der Waals surface area contributed by atoms with E-state index >= 15 is 0 Å². The normalized spacial score (nSPS) is 18.2. The lowest BCUT2D eigenvalue weighted by Gasteiger charge is -2.32. The van der Waals surface area contributed by atoms with Gasteiger partial charge in [-0.15, -0.1) is 0 Å². The number of hydrogen-bond donors (Lipinski definition) is 0. The highest BCUT2D eigenvalue weighted by Crippen LogP contribution is 2.35. The molecule has 0 spiro atoms. The summed E-state index contributed by atoms with van der Waals surface area (Å²) >= 11 is 0. The standard InChI is InChI=1S/C21H43NO/c1-7-11-13-19(15-17(5)9-3)21(22-23)20(14-12-8-2)16-18(6)10-4/h17-21H,7-16H2,1-6H3. The molecular formula is C21H43NO. The summed E-state index contributed by atoms with van der Waals surface area (Å²) in [6.45, 7) is 13.7. The fourth-order valence-corrected chi connectivity index (χ4v) is 3.71. The summed E-state index contributed by atoms with van der Waals surface area (Å²) in [7, 11) is 0. The Morgan fingerprint density at radius 1 is 0.739 bits per heavy atom. The third-order valence-electron chi connectivity index (χ3n) is 5.75. The fourth-order valence-electron chi connectivity index (χ4n) is 3.71. The fraction of sp³-hybridized carbons (Fsp3) is 1.00. The number of rotatable bonds is 15. The Morgan fingerprint density at radius 2 is 1.13 bits per heavy atom. The van der Waals surface area contributed by atoms with E-state index in [1.165, 1.54) is 64.2 Å². The van der Waals surface area contributed by atoms with E-state index in [1.807, 2.05) is 0 Å². The number of nitrogens with zero attached hydrogens (tertiary/aromatic N) is 1. The zero-order valence-electron chi connectivity index (χ0n) is 16.8. The minimum Gasteiger partial charge on any atom is -0.150 e. The van der Waals surface area contributed by atoms with Crippen molar-refractivity contribution in [2.24, 2.45) is 28.8 Å². The average molecular weight is 326 g/mol. The second-order valence-corrected chi connectivity index (χ2v) is 7.90. The van der Waals surface area contributed by atoms with Gasteiger partial charge in [-0.05, 0) is 49.4 Å². The lowest BCUT2D eigenvalue weighted by atomic mass is 9.75. The van der Waals surface area contributed by atoms with Gasteiger partial charge in [0.15, 0.2) is 0 Å². The van der Waals surface area contributed by atoms with Crippen molar-refractivity contribution in [3.05, 3.63) is 4.91 Å². The molecule has 2 heteroatoms. The van der Waals surface area contributed by atoms with Crippen molar-refractivity contribution < 1.29 is 0 Å². The molecule has 2 nitrogen and oxygen atoms in total. The van der Waals surface area contributed by atoms with Crippen molar-refractivity contribution in [2.45, 2.75) is 112 Å². The maximum atomic E-state index is 11.8. The zero-order chi connectivity index (χ0) is 17.7. The monoisotopic (exact) mass is 325 g/mol. The molecule has 0 saturated heterocycles. The Bertz CT molecular complexity index is 255. The quantitative estimate of drug-likeness (QED) is 0.285. The van der Waals surface area contributed by atoms with Crippen LogP contribution in [0.25, 0.3) is 0 Å². The molecule has 0 saturated carbocycles. The van der Waals surface area contributed by atoms with Crippen LogP contribution >= 0.6 is 0 Å². The molecule has 0 aromatic rings. The third kappa shape index (κ3) is 9.47. The van der Waals surface area contributed by atoms with Gasteiger partial charge in [0.1, 0.15) is 0 Å². The van der Waals surface area contributed by atoms with Crippen LogP contribution in [0.4, 0.5) is 0 Å². The highest BCUT2D eigenvalue weighted by Gasteiger charge is 2.31. The van der Waals surface area contributed by atoms with E-state index in [4.69, 9.17) is 0 Å². The number of hydrogen-bond acceptors (Lipinski definition) is 2. The second kappa shape index (κ2) is 14.0. The molecule has 0 aromatic heterocycles. The van der Waals surface area contributed by atoms with Crippen LogP contribution in [0.2, 0.25) is 0 Å². The van der Waals surface area contributed by atoms with Crippen LogP contribution in [0.15, 0.2) is 5.18 Å². The Morgan fingerprint density at radius 3 is 1.39 bits per heavy atom. The molecule has 0 amide bonds. The Hall–Kier alpha value is -0.400. The number of nitroso groups, excluding NO2 is 1. The first-order valence-corrected chi connectivity index (χ1v) is 10.4. The SMILES string of the molecule is CCCCC(CC(C)CC)C(N=O)C(CCCC)CC(C)CC. The molecule has 138 valence electrons. The predicted octanol–water partition coefficient (Wildman–Crippen LogP) is 7.61. The van der Waals surface area contributed by atoms with Crippen molar-refractivity contribution in [1.82, 2.24) is 0 Å². The van der Waals surface area contributed by atoms with Crippen molar-refractivity contribution >= 4 is 0 Å². The molecule has 0 aliphatic heterocycles. The topological polar surface area (TPSA) is 29.4 Å². The highest BCUT2D eigenvalue weighted by molar-refractivity contribution is 4.85. The minimum absolute atomic E-state index is 0.0381. The molecule has 0 fully saturated rings. The van der Waals surface area contributed by atoms with Crippen LogP contribution in [0, 0.1) is 28.6 Å². The van der Waals surface area contributed by atoms with Crippen LogP contribution in [0.1, 0.15) is 106 Å². The van der Waals surface area contributed by atoms with E-state index in [0.29, 0.717) is 23.7 Å². The smallest absolute Gasteiger partial charge is 0.0976 e. The van der Waals surface area contributed by atoms with Gasteiger partial charge in [-0.25, -0.2) is 0 Å². The predicted molar refractivity (Wildman–Crippen MR) is 104 cm³/mol. The van der Waals surface area contributed by atoms with Gasteiger partial charge < -0.3 is 0 Å². The lowest BCUT2D eigenvalue weighted by Crippen LogP contribution is -2.30. The molecule has 4 atom stereocenters. The van der Waals surface area contributed by atoms with E-state index in [0.717, 1.165) is 0 Å². The molecule has 0 aromatic carbocycles. The average Bonchev–Trinajstić information content (AvgIpc) is 2.56. The Labute approximate surface area is 146 Å². The minimum atomic E-state index is 0.0381. The van der Waals surface area contributed by atoms with Crippen LogP contribution < -0.4 is 0 Å². The summed E-state index contributed by atoms with van der Waals surface area (Å²) in [4.78, 5) is 11.8. The van der Waals surface area contributed by atoms with E-state index in [2.05, 4.69) is 46.7 Å². The van der Waals surface area contributed by atoms with Crippen LogP contribution in [0.3, 0.4) is 0 Å². The molecule has 0 radical (unpaired) electrons. The molecule has 0 N–H and O–H groups in total. The van der Waals surface area contributed by atoms with E-state index in [1.54, 1.807) is 0 Å². The van der Waals surface area contributed by atoms with Crippen molar-refractivity contribution in [3.63, 3.8) is 0 Å². The highest BCUT2D eigenvalue weighted by atomic mass is 16.3. The van der Waals surface area contributed by atoms with Gasteiger partial charge in [0, 0.05) is 0 Å². The van der Waals surface area contributed by atoms with Gasteiger partial charge in [-0.3, -0.25) is 0 Å². The van der Waals surface area contributed by atoms with E-state index in [9.17, 15) is 4.91 Å². The van der Waals surface area contributed by atoms with Gasteiger partial charge in [0.2, 0.25) is 0 Å². The van der Waals surface area contributed by atoms with E-state index < -0.39 is 0 Å². The summed E-state index contributed by atoms with van der Waals surface area (Å²) < 4.78 is 0. The molecular weight excluding hydrogens is 282 g/mol. The first-order chi connectivity index (χ1) is 11.0. The maximum absolute atomic E-state index is 11.8. The summed E-state index contributed by atoms with van der Waals surface area (Å²) in [5.41, 5.74) is 0. The third-order valence-corrected chi connectivity index (χ3v) is 5.75. The second-order valence-electron chi connectivity index (χ2n) is 7.90. The van der Waals surface area contributed by atoms with Crippen LogP contribution in [0.5, 0.6) is 0 Å². The van der Waals surface area contributed by atoms with Gasteiger partial charge in [0.05, 0.1) is 6.04 Å². The zero-order valence-corrected chi connectivity index (χ0v) is 16.8. The number of unbranched alkanes of at least 4 members (excludes halogenated alkanes) is 2. The summed E-state index contributed by atoms with van der Waals surface area (Å²) in [5.74, 6) is 2.40. The van der Waals surface area contributed by atoms with Crippen molar-refractivity contribution in [3.8, 4) is 0 Å². The van der Waals surface area contributed by atoms with Gasteiger partial charge in [0.25, 0.3) is 0 Å². The lowest BCUT2D eigenvalue weighted by molar-refractivity contribution is 0.208. The first-order valence-electron chi connectivity index (χ1n) is 10.4. The molecule has 0 heterocycles. The van der Waals surface area contributed by atoms with Gasteiger partial charge in [-0.2, -0.15) is 4.91 Å². The summed E-state index contributed by atoms with van der Waals surface area (Å²) in [6, 6.07) is 0.0381.